The second-order valence-corrected chi connectivity index (χ2v) is 13.4. The van der Waals surface area contributed by atoms with Crippen LogP contribution >= 0.6 is 11.6 Å². The molecule has 1 unspecified atom stereocenters. The zero-order chi connectivity index (χ0) is 34.5. The van der Waals surface area contributed by atoms with Crippen LogP contribution < -0.4 is 20.7 Å². The number of alkyl carbamates (subject to hydrolysis) is 1. The number of rotatable bonds is 9. The van der Waals surface area contributed by atoms with Crippen LogP contribution in [0.3, 0.4) is 0 Å². The predicted molar refractivity (Wildman–Crippen MR) is 178 cm³/mol. The van der Waals surface area contributed by atoms with Gasteiger partial charge in [0.25, 0.3) is 11.8 Å². The zero-order valence-corrected chi connectivity index (χ0v) is 28.1. The molecule has 48 heavy (non-hydrogen) atoms. The number of nitrogens with zero attached hydrogens (tertiary/aromatic N) is 1. The summed E-state index contributed by atoms with van der Waals surface area (Å²) in [6.07, 6.45) is 3.26. The average Bonchev–Trinajstić information content (AvgIpc) is 3.50. The van der Waals surface area contributed by atoms with E-state index < -0.39 is 35.1 Å². The highest BCUT2D eigenvalue weighted by Crippen LogP contribution is 2.38. The Hall–Kier alpha value is -4.26. The standard InChI is InChI=1S/C35H40ClFN4O7/c1-21(19-39-33(44)48-34(2,3)4)22-5-8-26(29(17-22)47-25-11-13-35(14-12-25)45-15-16-46-35)31(42)40-28-9-7-24(37)18-27(28)32(43)41-30-10-6-23(36)20-38-30/h5-10,17-18,20-21,25H,11-16,19H2,1-4H3,(H,39,44)(H,40,42)(H,38,41,43). The minimum Gasteiger partial charge on any atom is -0.490 e. The summed E-state index contributed by atoms with van der Waals surface area (Å²) in [5.41, 5.74) is 0.399. The number of ether oxygens (including phenoxy) is 4. The van der Waals surface area contributed by atoms with E-state index in [0.29, 0.717) is 49.7 Å². The zero-order valence-electron chi connectivity index (χ0n) is 27.4. The molecular formula is C35H40ClFN4O7. The lowest BCUT2D eigenvalue weighted by Gasteiger charge is -2.35. The summed E-state index contributed by atoms with van der Waals surface area (Å²) in [4.78, 5) is 43.3. The predicted octanol–water partition coefficient (Wildman–Crippen LogP) is 7.07. The van der Waals surface area contributed by atoms with Crippen LogP contribution in [0.4, 0.5) is 20.7 Å². The van der Waals surface area contributed by atoms with E-state index in [1.807, 2.05) is 6.92 Å². The van der Waals surface area contributed by atoms with Crippen molar-refractivity contribution in [3.63, 3.8) is 0 Å². The molecule has 5 rings (SSSR count). The van der Waals surface area contributed by atoms with Gasteiger partial charge in [0.1, 0.15) is 23.0 Å². The van der Waals surface area contributed by atoms with E-state index in [-0.39, 0.29) is 41.2 Å². The average molecular weight is 683 g/mol. The van der Waals surface area contributed by atoms with Gasteiger partial charge in [-0.25, -0.2) is 14.2 Å². The normalized spacial score (nSPS) is 16.6. The third kappa shape index (κ3) is 9.21. The maximum Gasteiger partial charge on any atom is 0.407 e. The molecule has 11 nitrogen and oxygen atoms in total. The summed E-state index contributed by atoms with van der Waals surface area (Å²) in [6.45, 7) is 8.73. The van der Waals surface area contributed by atoms with Crippen LogP contribution in [0.15, 0.2) is 54.7 Å². The molecule has 2 heterocycles. The van der Waals surface area contributed by atoms with E-state index in [0.717, 1.165) is 17.7 Å². The Bertz CT molecular complexity index is 1630. The Morgan fingerprint density at radius 3 is 2.38 bits per heavy atom. The van der Waals surface area contributed by atoms with Crippen LogP contribution in [0.25, 0.3) is 0 Å². The van der Waals surface area contributed by atoms with Crippen molar-refractivity contribution in [3.05, 3.63) is 82.3 Å². The van der Waals surface area contributed by atoms with Crippen molar-refractivity contribution in [2.45, 2.75) is 76.8 Å². The van der Waals surface area contributed by atoms with Gasteiger partial charge in [0.2, 0.25) is 0 Å². The van der Waals surface area contributed by atoms with Crippen LogP contribution in [0, 0.1) is 5.82 Å². The summed E-state index contributed by atoms with van der Waals surface area (Å²) in [5, 5.41) is 8.53. The largest absolute Gasteiger partial charge is 0.490 e. The first kappa shape index (κ1) is 35.1. The van der Waals surface area contributed by atoms with Crippen molar-refractivity contribution in [1.29, 1.82) is 0 Å². The molecule has 2 fully saturated rings. The van der Waals surface area contributed by atoms with Gasteiger partial charge in [0.15, 0.2) is 5.79 Å². The molecule has 3 aromatic rings. The second kappa shape index (κ2) is 14.9. The van der Waals surface area contributed by atoms with E-state index in [9.17, 15) is 18.8 Å². The van der Waals surface area contributed by atoms with E-state index in [4.69, 9.17) is 30.5 Å². The molecule has 0 radical (unpaired) electrons. The van der Waals surface area contributed by atoms with Crippen molar-refractivity contribution in [2.75, 3.05) is 30.4 Å². The van der Waals surface area contributed by atoms with Crippen molar-refractivity contribution >= 4 is 41.0 Å². The highest BCUT2D eigenvalue weighted by Gasteiger charge is 2.41. The van der Waals surface area contributed by atoms with Crippen LogP contribution in [0.2, 0.25) is 5.02 Å². The molecule has 1 aliphatic heterocycles. The van der Waals surface area contributed by atoms with Crippen LogP contribution in [0.5, 0.6) is 5.75 Å². The van der Waals surface area contributed by atoms with Gasteiger partial charge in [0.05, 0.1) is 41.2 Å². The molecule has 2 aromatic carbocycles. The van der Waals surface area contributed by atoms with E-state index in [2.05, 4.69) is 20.9 Å². The molecular weight excluding hydrogens is 643 g/mol. The number of anilines is 2. The lowest BCUT2D eigenvalue weighted by Crippen LogP contribution is -2.38. The lowest BCUT2D eigenvalue weighted by molar-refractivity contribution is -0.186. The van der Waals surface area contributed by atoms with E-state index in [1.165, 1.54) is 18.3 Å². The summed E-state index contributed by atoms with van der Waals surface area (Å²) in [6, 6.07) is 11.8. The summed E-state index contributed by atoms with van der Waals surface area (Å²) >= 11 is 5.89. The second-order valence-electron chi connectivity index (χ2n) is 12.9. The van der Waals surface area contributed by atoms with E-state index in [1.54, 1.807) is 45.0 Å². The molecule has 1 saturated heterocycles. The number of halogens is 2. The molecule has 3 N–H and O–H groups in total. The Morgan fingerprint density at radius 2 is 1.71 bits per heavy atom. The first-order valence-corrected chi connectivity index (χ1v) is 16.3. The Labute approximate surface area is 283 Å². The maximum absolute atomic E-state index is 14.3. The first-order chi connectivity index (χ1) is 22.8. The smallest absolute Gasteiger partial charge is 0.407 e. The minimum atomic E-state index is -0.676. The van der Waals surface area contributed by atoms with Crippen molar-refractivity contribution in [3.8, 4) is 5.75 Å². The molecule has 1 atom stereocenters. The fourth-order valence-electron chi connectivity index (χ4n) is 5.55. The maximum atomic E-state index is 14.3. The molecule has 13 heteroatoms. The lowest BCUT2D eigenvalue weighted by atomic mass is 9.91. The summed E-state index contributed by atoms with van der Waals surface area (Å²) < 4.78 is 37.9. The SMILES string of the molecule is CC(CNC(=O)OC(C)(C)C)c1ccc(C(=O)Nc2ccc(F)cc2C(=O)Nc2ccc(Cl)cn2)c(OC2CCC3(CC2)OCCO3)c1. The molecule has 1 saturated carbocycles. The Balaban J connectivity index is 1.36. The number of hydrogen-bond acceptors (Lipinski definition) is 8. The fourth-order valence-corrected chi connectivity index (χ4v) is 5.66. The number of nitrogens with one attached hydrogen (secondary N) is 3. The highest BCUT2D eigenvalue weighted by atomic mass is 35.5. The van der Waals surface area contributed by atoms with Gasteiger partial charge in [0, 0.05) is 25.6 Å². The molecule has 256 valence electrons. The number of amides is 3. The number of carbonyl (C=O) groups excluding carboxylic acids is 3. The molecule has 1 aliphatic carbocycles. The highest BCUT2D eigenvalue weighted by molar-refractivity contribution is 6.30. The monoisotopic (exact) mass is 682 g/mol. The van der Waals surface area contributed by atoms with Gasteiger partial charge in [-0.2, -0.15) is 0 Å². The molecule has 1 spiro atoms. The molecule has 0 bridgehead atoms. The third-order valence-corrected chi connectivity index (χ3v) is 8.24. The minimum absolute atomic E-state index is 0.0907. The fraction of sp³-hybridized carbons (Fsp3) is 0.429. The van der Waals surface area contributed by atoms with Gasteiger partial charge in [-0.05, 0) is 87.6 Å². The van der Waals surface area contributed by atoms with Gasteiger partial charge in [-0.1, -0.05) is 24.6 Å². The van der Waals surface area contributed by atoms with Gasteiger partial charge < -0.3 is 34.9 Å². The number of aromatic nitrogens is 1. The quantitative estimate of drug-likeness (QED) is 0.218. The van der Waals surface area contributed by atoms with Gasteiger partial charge in [-0.15, -0.1) is 0 Å². The Kier molecular flexibility index (Phi) is 10.9. The van der Waals surface area contributed by atoms with Crippen molar-refractivity contribution in [2.24, 2.45) is 0 Å². The van der Waals surface area contributed by atoms with Crippen molar-refractivity contribution < 1.29 is 37.7 Å². The topological polar surface area (TPSA) is 137 Å². The van der Waals surface area contributed by atoms with E-state index >= 15 is 0 Å². The third-order valence-electron chi connectivity index (χ3n) is 8.02. The van der Waals surface area contributed by atoms with Gasteiger partial charge in [-0.3, -0.25) is 9.59 Å². The number of hydrogen-bond donors (Lipinski definition) is 3. The Morgan fingerprint density at radius 1 is 1.00 bits per heavy atom. The number of benzene rings is 2. The molecule has 3 amide bonds. The van der Waals surface area contributed by atoms with Crippen LogP contribution in [-0.2, 0) is 14.2 Å². The first-order valence-electron chi connectivity index (χ1n) is 15.9. The summed E-state index contributed by atoms with van der Waals surface area (Å²) in [7, 11) is 0. The van der Waals surface area contributed by atoms with Crippen LogP contribution in [0.1, 0.15) is 85.6 Å². The van der Waals surface area contributed by atoms with Crippen LogP contribution in [-0.4, -0.2) is 60.1 Å². The van der Waals surface area contributed by atoms with Gasteiger partial charge >= 0.3 is 6.09 Å². The number of pyridine rings is 1. The molecule has 1 aromatic heterocycles. The molecule has 2 aliphatic rings. The van der Waals surface area contributed by atoms with Crippen molar-refractivity contribution in [1.82, 2.24) is 10.3 Å². The number of carbonyl (C=O) groups is 3. The summed E-state index contributed by atoms with van der Waals surface area (Å²) in [5.74, 6) is -2.08.